The van der Waals surface area contributed by atoms with Crippen LogP contribution in [-0.2, 0) is 4.74 Å². The molecule has 5 heteroatoms. The number of ether oxygens (including phenoxy) is 1. The highest BCUT2D eigenvalue weighted by atomic mass is 19.4. The lowest BCUT2D eigenvalue weighted by Gasteiger charge is -2.23. The molecule has 104 valence electrons. The van der Waals surface area contributed by atoms with Crippen molar-refractivity contribution < 1.29 is 17.9 Å². The standard InChI is InChI=1S/C12H24F3NO/c1-10(8-16-11(2,3)4)6-5-7-17-9-12(13,14)15/h10,16H,5-9H2,1-4H3. The quantitative estimate of drug-likeness (QED) is 0.704. The topological polar surface area (TPSA) is 21.3 Å². The molecule has 0 saturated heterocycles. The zero-order valence-corrected chi connectivity index (χ0v) is 11.2. The van der Waals surface area contributed by atoms with E-state index in [-0.39, 0.29) is 12.1 Å². The minimum Gasteiger partial charge on any atom is -0.372 e. The van der Waals surface area contributed by atoms with Crippen molar-refractivity contribution in [3.05, 3.63) is 0 Å². The summed E-state index contributed by atoms with van der Waals surface area (Å²) < 4.78 is 39.8. The monoisotopic (exact) mass is 255 g/mol. The maximum absolute atomic E-state index is 11.8. The molecule has 0 amide bonds. The van der Waals surface area contributed by atoms with Gasteiger partial charge in [0.15, 0.2) is 0 Å². The van der Waals surface area contributed by atoms with Crippen LogP contribution in [0, 0.1) is 5.92 Å². The van der Waals surface area contributed by atoms with E-state index < -0.39 is 12.8 Å². The van der Waals surface area contributed by atoms with Crippen LogP contribution in [0.1, 0.15) is 40.5 Å². The molecule has 0 aromatic rings. The third-order valence-corrected chi connectivity index (χ3v) is 2.23. The molecule has 0 fully saturated rings. The van der Waals surface area contributed by atoms with E-state index in [2.05, 4.69) is 37.7 Å². The van der Waals surface area contributed by atoms with E-state index in [9.17, 15) is 13.2 Å². The molecule has 1 N–H and O–H groups in total. The van der Waals surface area contributed by atoms with Crippen LogP contribution in [0.2, 0.25) is 0 Å². The molecule has 1 atom stereocenters. The number of halogens is 3. The van der Waals surface area contributed by atoms with Crippen molar-refractivity contribution >= 4 is 0 Å². The van der Waals surface area contributed by atoms with Gasteiger partial charge in [-0.25, -0.2) is 0 Å². The first-order valence-electron chi connectivity index (χ1n) is 6.00. The summed E-state index contributed by atoms with van der Waals surface area (Å²) in [5, 5.41) is 3.37. The number of hydrogen-bond acceptors (Lipinski definition) is 2. The Morgan fingerprint density at radius 3 is 2.24 bits per heavy atom. The van der Waals surface area contributed by atoms with Gasteiger partial charge < -0.3 is 10.1 Å². The first-order chi connectivity index (χ1) is 7.60. The molecule has 0 radical (unpaired) electrons. The minimum absolute atomic E-state index is 0.0844. The van der Waals surface area contributed by atoms with Gasteiger partial charge in [0, 0.05) is 12.1 Å². The highest BCUT2D eigenvalue weighted by Gasteiger charge is 2.27. The average molecular weight is 255 g/mol. The fourth-order valence-corrected chi connectivity index (χ4v) is 1.30. The van der Waals surface area contributed by atoms with Gasteiger partial charge in [-0.05, 0) is 46.1 Å². The molecular formula is C12H24F3NO. The van der Waals surface area contributed by atoms with Gasteiger partial charge >= 0.3 is 6.18 Å². The molecule has 0 aromatic carbocycles. The molecule has 0 saturated carbocycles. The highest BCUT2D eigenvalue weighted by Crippen LogP contribution is 2.15. The number of rotatable bonds is 7. The minimum atomic E-state index is -4.21. The average Bonchev–Trinajstić information content (AvgIpc) is 2.11. The highest BCUT2D eigenvalue weighted by molar-refractivity contribution is 4.71. The summed E-state index contributed by atoms with van der Waals surface area (Å²) in [4.78, 5) is 0. The van der Waals surface area contributed by atoms with Crippen LogP contribution in [0.3, 0.4) is 0 Å². The van der Waals surface area contributed by atoms with E-state index >= 15 is 0 Å². The van der Waals surface area contributed by atoms with Gasteiger partial charge in [0.25, 0.3) is 0 Å². The van der Waals surface area contributed by atoms with Crippen LogP contribution < -0.4 is 5.32 Å². The second-order valence-electron chi connectivity index (χ2n) is 5.55. The van der Waals surface area contributed by atoms with Crippen LogP contribution in [0.25, 0.3) is 0 Å². The van der Waals surface area contributed by atoms with Gasteiger partial charge in [-0.1, -0.05) is 6.92 Å². The van der Waals surface area contributed by atoms with Gasteiger partial charge in [0.05, 0.1) is 0 Å². The van der Waals surface area contributed by atoms with Gasteiger partial charge in [0.1, 0.15) is 6.61 Å². The smallest absolute Gasteiger partial charge is 0.372 e. The fraction of sp³-hybridized carbons (Fsp3) is 1.00. The summed E-state index contributed by atoms with van der Waals surface area (Å²) >= 11 is 0. The Kier molecular flexibility index (Phi) is 7.09. The van der Waals surface area contributed by atoms with E-state index in [4.69, 9.17) is 0 Å². The maximum atomic E-state index is 11.8. The SMILES string of the molecule is CC(CCCOCC(F)(F)F)CNC(C)(C)C. The largest absolute Gasteiger partial charge is 0.411 e. The van der Waals surface area contributed by atoms with Crippen molar-refractivity contribution in [1.82, 2.24) is 5.32 Å². The maximum Gasteiger partial charge on any atom is 0.411 e. The zero-order valence-electron chi connectivity index (χ0n) is 11.2. The van der Waals surface area contributed by atoms with E-state index in [1.165, 1.54) is 0 Å². The van der Waals surface area contributed by atoms with E-state index in [0.717, 1.165) is 13.0 Å². The molecule has 17 heavy (non-hydrogen) atoms. The molecule has 2 nitrogen and oxygen atoms in total. The Bertz CT molecular complexity index is 199. The lowest BCUT2D eigenvalue weighted by atomic mass is 10.0. The molecule has 0 aliphatic rings. The third-order valence-electron chi connectivity index (χ3n) is 2.23. The number of alkyl halides is 3. The van der Waals surface area contributed by atoms with Crippen molar-refractivity contribution in [2.75, 3.05) is 19.8 Å². The normalized spacial score (nSPS) is 15.0. The first-order valence-corrected chi connectivity index (χ1v) is 6.00. The molecule has 0 aliphatic carbocycles. The van der Waals surface area contributed by atoms with Gasteiger partial charge in [-0.15, -0.1) is 0 Å². The molecule has 0 spiro atoms. The first kappa shape index (κ1) is 16.7. The summed E-state index contributed by atoms with van der Waals surface area (Å²) in [5.74, 6) is 0.448. The predicted octanol–water partition coefficient (Wildman–Crippen LogP) is 3.37. The summed E-state index contributed by atoms with van der Waals surface area (Å²) in [6.07, 6.45) is -2.66. The Labute approximate surface area is 102 Å². The van der Waals surface area contributed by atoms with Gasteiger partial charge in [-0.3, -0.25) is 0 Å². The Morgan fingerprint density at radius 1 is 1.18 bits per heavy atom. The van der Waals surface area contributed by atoms with Crippen molar-refractivity contribution in [2.45, 2.75) is 52.3 Å². The fourth-order valence-electron chi connectivity index (χ4n) is 1.30. The second kappa shape index (κ2) is 7.21. The Hall–Kier alpha value is -0.290. The lowest BCUT2D eigenvalue weighted by Crippen LogP contribution is -2.38. The molecular weight excluding hydrogens is 231 g/mol. The predicted molar refractivity (Wildman–Crippen MR) is 63.0 cm³/mol. The van der Waals surface area contributed by atoms with Crippen LogP contribution in [0.5, 0.6) is 0 Å². The van der Waals surface area contributed by atoms with Crippen molar-refractivity contribution in [3.63, 3.8) is 0 Å². The van der Waals surface area contributed by atoms with Gasteiger partial charge in [-0.2, -0.15) is 13.2 Å². The molecule has 1 unspecified atom stereocenters. The van der Waals surface area contributed by atoms with Crippen molar-refractivity contribution in [3.8, 4) is 0 Å². The Morgan fingerprint density at radius 2 is 1.76 bits per heavy atom. The summed E-state index contributed by atoms with van der Waals surface area (Å²) in [6.45, 7) is 8.27. The van der Waals surface area contributed by atoms with Crippen molar-refractivity contribution in [2.24, 2.45) is 5.92 Å². The molecule has 0 bridgehead atoms. The third kappa shape index (κ3) is 13.6. The van der Waals surface area contributed by atoms with E-state index in [1.54, 1.807) is 0 Å². The van der Waals surface area contributed by atoms with E-state index in [0.29, 0.717) is 12.3 Å². The summed E-state index contributed by atoms with van der Waals surface area (Å²) in [7, 11) is 0. The van der Waals surface area contributed by atoms with Crippen LogP contribution in [-0.4, -0.2) is 31.5 Å². The van der Waals surface area contributed by atoms with Crippen LogP contribution in [0.15, 0.2) is 0 Å². The van der Waals surface area contributed by atoms with Crippen LogP contribution in [0.4, 0.5) is 13.2 Å². The molecule has 0 aromatic heterocycles. The number of hydrogen-bond donors (Lipinski definition) is 1. The Balaban J connectivity index is 3.43. The summed E-state index contributed by atoms with van der Waals surface area (Å²) in [5.41, 5.74) is 0.0844. The molecule has 0 rings (SSSR count). The van der Waals surface area contributed by atoms with E-state index in [1.807, 2.05) is 0 Å². The molecule has 0 heterocycles. The zero-order chi connectivity index (χ0) is 13.5. The molecule has 0 aliphatic heterocycles. The number of nitrogens with one attached hydrogen (secondary N) is 1. The van der Waals surface area contributed by atoms with Crippen molar-refractivity contribution in [1.29, 1.82) is 0 Å². The summed E-state index contributed by atoms with van der Waals surface area (Å²) in [6, 6.07) is 0. The van der Waals surface area contributed by atoms with Gasteiger partial charge in [0.2, 0.25) is 0 Å². The second-order valence-corrected chi connectivity index (χ2v) is 5.55. The van der Waals surface area contributed by atoms with Crippen LogP contribution >= 0.6 is 0 Å². The lowest BCUT2D eigenvalue weighted by molar-refractivity contribution is -0.174.